The average molecular weight is 391 g/mol. The molecule has 0 aromatic carbocycles. The quantitative estimate of drug-likeness (QED) is 0.824. The molecule has 3 saturated carbocycles. The van der Waals surface area contributed by atoms with Crippen LogP contribution in [0, 0.1) is 23.7 Å². The SMILES string of the molecule is O=C(O)C1C2CCC(CC2)C1C(=O)Nc1sccc1C(=O)N1CCCCC1. The van der Waals surface area contributed by atoms with Gasteiger partial charge in [0, 0.05) is 13.1 Å². The lowest BCUT2D eigenvalue weighted by atomic mass is 9.58. The summed E-state index contributed by atoms with van der Waals surface area (Å²) < 4.78 is 0. The van der Waals surface area contributed by atoms with Gasteiger partial charge < -0.3 is 15.3 Å². The van der Waals surface area contributed by atoms with Crippen molar-refractivity contribution in [1.82, 2.24) is 4.90 Å². The number of hydrogen-bond acceptors (Lipinski definition) is 4. The molecule has 2 heterocycles. The Morgan fingerprint density at radius 3 is 2.26 bits per heavy atom. The molecule has 2 atom stereocenters. The molecule has 0 spiro atoms. The van der Waals surface area contributed by atoms with Crippen LogP contribution >= 0.6 is 11.3 Å². The van der Waals surface area contributed by atoms with Crippen LogP contribution in [0.4, 0.5) is 5.00 Å². The Kier molecular flexibility index (Phi) is 5.21. The molecule has 4 fully saturated rings. The Bertz CT molecular complexity index is 732. The molecule has 5 rings (SSSR count). The van der Waals surface area contributed by atoms with Gasteiger partial charge in [0.25, 0.3) is 5.91 Å². The summed E-state index contributed by atoms with van der Waals surface area (Å²) in [7, 11) is 0. The summed E-state index contributed by atoms with van der Waals surface area (Å²) in [4.78, 5) is 39.5. The van der Waals surface area contributed by atoms with Crippen molar-refractivity contribution in [1.29, 1.82) is 0 Å². The number of rotatable bonds is 4. The fraction of sp³-hybridized carbons (Fsp3) is 0.650. The van der Waals surface area contributed by atoms with Crippen molar-refractivity contribution in [2.75, 3.05) is 18.4 Å². The maximum absolute atomic E-state index is 13.0. The second-order valence-corrected chi connectivity index (χ2v) is 8.99. The van der Waals surface area contributed by atoms with Crippen LogP contribution in [0.15, 0.2) is 11.4 Å². The van der Waals surface area contributed by atoms with Crippen molar-refractivity contribution in [2.45, 2.75) is 44.9 Å². The van der Waals surface area contributed by atoms with E-state index < -0.39 is 17.8 Å². The van der Waals surface area contributed by atoms with E-state index in [2.05, 4.69) is 5.32 Å². The minimum absolute atomic E-state index is 0.0359. The van der Waals surface area contributed by atoms with Gasteiger partial charge >= 0.3 is 5.97 Å². The number of likely N-dealkylation sites (tertiary alicyclic amines) is 1. The van der Waals surface area contributed by atoms with Gasteiger partial charge in [-0.1, -0.05) is 0 Å². The highest BCUT2D eigenvalue weighted by Gasteiger charge is 2.50. The minimum Gasteiger partial charge on any atom is -0.481 e. The predicted molar refractivity (Wildman–Crippen MR) is 103 cm³/mol. The summed E-state index contributed by atoms with van der Waals surface area (Å²) in [5.41, 5.74) is 0.531. The summed E-state index contributed by atoms with van der Waals surface area (Å²) in [6.07, 6.45) is 6.85. The smallest absolute Gasteiger partial charge is 0.307 e. The number of piperidine rings is 1. The molecule has 1 saturated heterocycles. The number of carbonyl (C=O) groups excluding carboxylic acids is 2. The Balaban J connectivity index is 1.51. The number of amides is 2. The van der Waals surface area contributed by atoms with Crippen molar-refractivity contribution in [3.8, 4) is 0 Å². The van der Waals surface area contributed by atoms with Gasteiger partial charge in [0.05, 0.1) is 17.4 Å². The molecular formula is C20H26N2O4S. The number of anilines is 1. The van der Waals surface area contributed by atoms with Gasteiger partial charge in [0.15, 0.2) is 0 Å². The van der Waals surface area contributed by atoms with Gasteiger partial charge in [-0.15, -0.1) is 11.3 Å². The van der Waals surface area contributed by atoms with Gasteiger partial charge in [-0.3, -0.25) is 14.4 Å². The molecule has 1 aliphatic heterocycles. The van der Waals surface area contributed by atoms with E-state index in [1.807, 2.05) is 10.3 Å². The summed E-state index contributed by atoms with van der Waals surface area (Å²) in [5, 5.41) is 15.0. The fourth-order valence-corrected chi connectivity index (χ4v) is 6.00. The zero-order valence-corrected chi connectivity index (χ0v) is 16.2. The van der Waals surface area contributed by atoms with Crippen molar-refractivity contribution in [3.05, 3.63) is 17.0 Å². The van der Waals surface area contributed by atoms with Gasteiger partial charge in [-0.05, 0) is 68.2 Å². The van der Waals surface area contributed by atoms with Crippen molar-refractivity contribution >= 4 is 34.1 Å². The Hall–Kier alpha value is -1.89. The Morgan fingerprint density at radius 2 is 1.63 bits per heavy atom. The van der Waals surface area contributed by atoms with E-state index in [9.17, 15) is 19.5 Å². The summed E-state index contributed by atoms with van der Waals surface area (Å²) in [5.74, 6) is -1.98. The van der Waals surface area contributed by atoms with E-state index >= 15 is 0 Å². The third-order valence-electron chi connectivity index (χ3n) is 6.58. The maximum Gasteiger partial charge on any atom is 0.307 e. The highest BCUT2D eigenvalue weighted by Crippen LogP contribution is 2.49. The van der Waals surface area contributed by atoms with Crippen molar-refractivity contribution < 1.29 is 19.5 Å². The molecular weight excluding hydrogens is 364 g/mol. The number of aliphatic carboxylic acids is 1. The largest absolute Gasteiger partial charge is 0.481 e. The lowest BCUT2D eigenvalue weighted by Crippen LogP contribution is -2.49. The first-order valence-corrected chi connectivity index (χ1v) is 10.8. The Labute approximate surface area is 162 Å². The van der Waals surface area contributed by atoms with Crippen LogP contribution in [0.25, 0.3) is 0 Å². The molecule has 2 N–H and O–H groups in total. The Morgan fingerprint density at radius 1 is 1.00 bits per heavy atom. The van der Waals surface area contributed by atoms with Crippen LogP contribution in [0.1, 0.15) is 55.3 Å². The number of nitrogens with one attached hydrogen (secondary N) is 1. The predicted octanol–water partition coefficient (Wildman–Crippen LogP) is 3.45. The molecule has 2 unspecified atom stereocenters. The van der Waals surface area contributed by atoms with Crippen molar-refractivity contribution in [2.24, 2.45) is 23.7 Å². The van der Waals surface area contributed by atoms with Gasteiger partial charge in [-0.25, -0.2) is 0 Å². The maximum atomic E-state index is 13.0. The number of carboxylic acids is 1. The number of carbonyl (C=O) groups is 3. The van der Waals surface area contributed by atoms with Crippen LogP contribution in [-0.4, -0.2) is 40.9 Å². The summed E-state index contributed by atoms with van der Waals surface area (Å²) in [6.45, 7) is 1.52. The second-order valence-electron chi connectivity index (χ2n) is 8.07. The van der Waals surface area contributed by atoms with E-state index in [1.165, 1.54) is 11.3 Å². The highest BCUT2D eigenvalue weighted by atomic mass is 32.1. The third kappa shape index (κ3) is 3.49. The summed E-state index contributed by atoms with van der Waals surface area (Å²) >= 11 is 1.34. The first-order chi connectivity index (χ1) is 13.1. The number of fused-ring (bicyclic) bond motifs is 3. The van der Waals surface area contributed by atoms with Gasteiger partial charge in [-0.2, -0.15) is 0 Å². The molecule has 4 aliphatic rings. The standard InChI is InChI=1S/C20H26N2O4S/c23-17(15-12-4-6-13(7-5-12)16(15)20(25)26)21-18-14(8-11-27-18)19(24)22-9-2-1-3-10-22/h8,11-13,15-16H,1-7,9-10H2,(H,21,23)(H,25,26). The third-order valence-corrected chi connectivity index (χ3v) is 7.41. The molecule has 146 valence electrons. The van der Waals surface area contributed by atoms with Crippen LogP contribution in [0.2, 0.25) is 0 Å². The first-order valence-electron chi connectivity index (χ1n) is 9.96. The van der Waals surface area contributed by atoms with Crippen LogP contribution in [-0.2, 0) is 9.59 Å². The minimum atomic E-state index is -0.861. The number of nitrogens with zero attached hydrogens (tertiary/aromatic N) is 1. The molecule has 7 heteroatoms. The number of carboxylic acid groups (broad SMARTS) is 1. The molecule has 6 nitrogen and oxygen atoms in total. The molecule has 1 aromatic heterocycles. The zero-order chi connectivity index (χ0) is 19.0. The van der Waals surface area contributed by atoms with E-state index in [0.717, 1.165) is 58.0 Å². The van der Waals surface area contributed by atoms with Crippen molar-refractivity contribution in [3.63, 3.8) is 0 Å². The normalized spacial score (nSPS) is 30.1. The molecule has 0 radical (unpaired) electrons. The van der Waals surface area contributed by atoms with Gasteiger partial charge in [0.2, 0.25) is 5.91 Å². The monoisotopic (exact) mass is 390 g/mol. The second kappa shape index (κ2) is 7.62. The molecule has 3 aliphatic carbocycles. The van der Waals surface area contributed by atoms with E-state index in [4.69, 9.17) is 0 Å². The zero-order valence-electron chi connectivity index (χ0n) is 15.4. The number of thiophene rings is 1. The van der Waals surface area contributed by atoms with E-state index in [-0.39, 0.29) is 23.7 Å². The highest BCUT2D eigenvalue weighted by molar-refractivity contribution is 7.14. The fourth-order valence-electron chi connectivity index (χ4n) is 5.22. The summed E-state index contributed by atoms with van der Waals surface area (Å²) in [6, 6.07) is 1.76. The van der Waals surface area contributed by atoms with Crippen LogP contribution < -0.4 is 5.32 Å². The van der Waals surface area contributed by atoms with E-state index in [0.29, 0.717) is 10.6 Å². The van der Waals surface area contributed by atoms with E-state index in [1.54, 1.807) is 6.07 Å². The molecule has 27 heavy (non-hydrogen) atoms. The van der Waals surface area contributed by atoms with Crippen LogP contribution in [0.5, 0.6) is 0 Å². The molecule has 2 amide bonds. The van der Waals surface area contributed by atoms with Gasteiger partial charge in [0.1, 0.15) is 5.00 Å². The molecule has 1 aromatic rings. The number of hydrogen-bond donors (Lipinski definition) is 2. The lowest BCUT2D eigenvalue weighted by Gasteiger charge is -2.45. The first kappa shape index (κ1) is 18.5. The molecule has 2 bridgehead atoms. The van der Waals surface area contributed by atoms with Crippen LogP contribution in [0.3, 0.4) is 0 Å². The lowest BCUT2D eigenvalue weighted by molar-refractivity contribution is -0.156. The average Bonchev–Trinajstić information content (AvgIpc) is 3.16. The topological polar surface area (TPSA) is 86.7 Å².